The first-order chi connectivity index (χ1) is 12.6. The minimum absolute atomic E-state index is 0.0182. The lowest BCUT2D eigenvalue weighted by atomic mass is 9.90. The van der Waals surface area contributed by atoms with Crippen LogP contribution in [-0.2, 0) is 24.4 Å². The minimum Gasteiger partial charge on any atom is -0.392 e. The van der Waals surface area contributed by atoms with Crippen molar-refractivity contribution in [3.8, 4) is 0 Å². The Morgan fingerprint density at radius 2 is 2.00 bits per heavy atom. The van der Waals surface area contributed by atoms with Gasteiger partial charge in [0.15, 0.2) is 0 Å². The molecule has 2 amide bonds. The first-order valence-corrected chi connectivity index (χ1v) is 8.98. The lowest BCUT2D eigenvalue weighted by molar-refractivity contribution is -0.134. The second-order valence-corrected chi connectivity index (χ2v) is 6.97. The molecule has 5 heteroatoms. The molecular formula is C21H22N2O3. The smallest absolute Gasteiger partial charge is 0.254 e. The van der Waals surface area contributed by atoms with Crippen LogP contribution in [0, 0.1) is 0 Å². The molecule has 0 radical (unpaired) electrons. The summed E-state index contributed by atoms with van der Waals surface area (Å²) in [7, 11) is 0. The molecule has 2 aromatic carbocycles. The summed E-state index contributed by atoms with van der Waals surface area (Å²) in [5.41, 5.74) is 4.86. The molecule has 0 aliphatic carbocycles. The third-order valence-electron chi connectivity index (χ3n) is 5.54. The van der Waals surface area contributed by atoms with Crippen LogP contribution < -0.4 is 0 Å². The van der Waals surface area contributed by atoms with E-state index < -0.39 is 0 Å². The van der Waals surface area contributed by atoms with E-state index in [2.05, 4.69) is 0 Å². The van der Waals surface area contributed by atoms with Crippen LogP contribution >= 0.6 is 0 Å². The van der Waals surface area contributed by atoms with E-state index in [4.69, 9.17) is 0 Å². The summed E-state index contributed by atoms with van der Waals surface area (Å²) in [4.78, 5) is 28.9. The van der Waals surface area contributed by atoms with Gasteiger partial charge in [0.25, 0.3) is 5.91 Å². The lowest BCUT2D eigenvalue weighted by Gasteiger charge is -2.37. The van der Waals surface area contributed by atoms with Gasteiger partial charge in [-0.05, 0) is 41.7 Å². The van der Waals surface area contributed by atoms with Crippen molar-refractivity contribution in [3.63, 3.8) is 0 Å². The number of benzene rings is 2. The van der Waals surface area contributed by atoms with Crippen LogP contribution in [0.3, 0.4) is 0 Å². The van der Waals surface area contributed by atoms with Gasteiger partial charge in [-0.3, -0.25) is 9.59 Å². The zero-order valence-electron chi connectivity index (χ0n) is 14.8. The van der Waals surface area contributed by atoms with Crippen molar-refractivity contribution in [1.29, 1.82) is 0 Å². The third kappa shape index (κ3) is 2.69. The van der Waals surface area contributed by atoms with Crippen molar-refractivity contribution >= 4 is 11.8 Å². The first-order valence-electron chi connectivity index (χ1n) is 8.98. The molecule has 2 aliphatic rings. The summed E-state index contributed by atoms with van der Waals surface area (Å²) >= 11 is 0. The van der Waals surface area contributed by atoms with Gasteiger partial charge in [-0.1, -0.05) is 36.4 Å². The fourth-order valence-corrected chi connectivity index (χ4v) is 4.13. The first kappa shape index (κ1) is 16.8. The number of amides is 2. The molecule has 0 aromatic heterocycles. The molecule has 1 atom stereocenters. The molecule has 0 saturated heterocycles. The van der Waals surface area contributed by atoms with Crippen molar-refractivity contribution in [3.05, 3.63) is 70.3 Å². The van der Waals surface area contributed by atoms with Crippen molar-refractivity contribution in [2.24, 2.45) is 0 Å². The van der Waals surface area contributed by atoms with Crippen LogP contribution in [0.2, 0.25) is 0 Å². The van der Waals surface area contributed by atoms with E-state index in [1.807, 2.05) is 54.3 Å². The van der Waals surface area contributed by atoms with E-state index in [9.17, 15) is 14.7 Å². The second-order valence-electron chi connectivity index (χ2n) is 6.97. The number of nitrogens with zero attached hydrogens (tertiary/aromatic N) is 2. The molecule has 26 heavy (non-hydrogen) atoms. The van der Waals surface area contributed by atoms with E-state index in [-0.39, 0.29) is 31.0 Å². The number of rotatable bonds is 3. The summed E-state index contributed by atoms with van der Waals surface area (Å²) < 4.78 is 0. The fourth-order valence-electron chi connectivity index (χ4n) is 4.13. The van der Waals surface area contributed by atoms with Crippen LogP contribution in [-0.4, -0.2) is 39.8 Å². The molecule has 4 rings (SSSR count). The maximum absolute atomic E-state index is 12.9. The summed E-state index contributed by atoms with van der Waals surface area (Å²) in [5, 5.41) is 9.53. The average molecular weight is 350 g/mol. The van der Waals surface area contributed by atoms with E-state index in [1.165, 1.54) is 0 Å². The highest BCUT2D eigenvalue weighted by molar-refractivity contribution is 6.00. The van der Waals surface area contributed by atoms with Gasteiger partial charge in [-0.2, -0.15) is 0 Å². The molecule has 1 N–H and O–H groups in total. The SMILES string of the molecule is CC1c2cccc(CO)c2CCN1C(=O)CN1Cc2ccccc2C1=O. The monoisotopic (exact) mass is 350 g/mol. The van der Waals surface area contributed by atoms with Gasteiger partial charge < -0.3 is 14.9 Å². The van der Waals surface area contributed by atoms with Gasteiger partial charge >= 0.3 is 0 Å². The molecule has 0 bridgehead atoms. The number of aliphatic hydroxyl groups excluding tert-OH is 1. The van der Waals surface area contributed by atoms with E-state index in [0.29, 0.717) is 18.7 Å². The Hall–Kier alpha value is -2.66. The number of aliphatic hydroxyl groups is 1. The predicted octanol–water partition coefficient (Wildman–Crippen LogP) is 2.28. The number of carbonyl (C=O) groups is 2. The lowest BCUT2D eigenvalue weighted by Crippen LogP contribution is -2.44. The highest BCUT2D eigenvalue weighted by Gasteiger charge is 2.33. The van der Waals surface area contributed by atoms with Gasteiger partial charge in [-0.25, -0.2) is 0 Å². The van der Waals surface area contributed by atoms with E-state index in [0.717, 1.165) is 28.7 Å². The molecule has 2 heterocycles. The third-order valence-corrected chi connectivity index (χ3v) is 5.54. The van der Waals surface area contributed by atoms with Crippen LogP contribution in [0.5, 0.6) is 0 Å². The van der Waals surface area contributed by atoms with E-state index >= 15 is 0 Å². The van der Waals surface area contributed by atoms with E-state index in [1.54, 1.807) is 4.90 Å². The Balaban J connectivity index is 1.51. The standard InChI is InChI=1S/C21H22N2O3/c1-14-17-8-4-6-16(13-24)18(17)9-10-23(14)20(25)12-22-11-15-5-2-3-7-19(15)21(22)26/h2-8,14,24H,9-13H2,1H3. The highest BCUT2D eigenvalue weighted by Crippen LogP contribution is 2.32. The zero-order chi connectivity index (χ0) is 18.3. The molecule has 2 aliphatic heterocycles. The predicted molar refractivity (Wildman–Crippen MR) is 97.4 cm³/mol. The maximum Gasteiger partial charge on any atom is 0.254 e. The van der Waals surface area contributed by atoms with Crippen molar-refractivity contribution < 1.29 is 14.7 Å². The summed E-state index contributed by atoms with van der Waals surface area (Å²) in [6.45, 7) is 3.24. The number of hydrogen-bond acceptors (Lipinski definition) is 3. The highest BCUT2D eigenvalue weighted by atomic mass is 16.3. The fraction of sp³-hybridized carbons (Fsp3) is 0.333. The van der Waals surface area contributed by atoms with Crippen LogP contribution in [0.1, 0.15) is 45.6 Å². The van der Waals surface area contributed by atoms with Crippen LogP contribution in [0.4, 0.5) is 0 Å². The van der Waals surface area contributed by atoms with Crippen LogP contribution in [0.15, 0.2) is 42.5 Å². The Bertz CT molecular complexity index is 877. The molecule has 0 spiro atoms. The largest absolute Gasteiger partial charge is 0.392 e. The normalized spacial score (nSPS) is 18.7. The molecule has 0 fully saturated rings. The van der Waals surface area contributed by atoms with Gasteiger partial charge in [-0.15, -0.1) is 0 Å². The number of carbonyl (C=O) groups excluding carboxylic acids is 2. The van der Waals surface area contributed by atoms with Gasteiger partial charge in [0, 0.05) is 18.7 Å². The Morgan fingerprint density at radius 3 is 2.77 bits per heavy atom. The Kier molecular flexibility index (Phi) is 4.24. The van der Waals surface area contributed by atoms with Crippen molar-refractivity contribution in [1.82, 2.24) is 9.80 Å². The molecular weight excluding hydrogens is 328 g/mol. The Morgan fingerprint density at radius 1 is 1.19 bits per heavy atom. The molecule has 5 nitrogen and oxygen atoms in total. The average Bonchev–Trinajstić information content (AvgIpc) is 2.97. The zero-order valence-corrected chi connectivity index (χ0v) is 14.8. The molecule has 2 aromatic rings. The van der Waals surface area contributed by atoms with Crippen LogP contribution in [0.25, 0.3) is 0 Å². The Labute approximate surface area is 152 Å². The van der Waals surface area contributed by atoms with Gasteiger partial charge in [0.1, 0.15) is 6.54 Å². The maximum atomic E-state index is 12.9. The molecule has 134 valence electrons. The van der Waals surface area contributed by atoms with Gasteiger partial charge in [0.2, 0.25) is 5.91 Å². The summed E-state index contributed by atoms with van der Waals surface area (Å²) in [6, 6.07) is 13.3. The number of hydrogen-bond donors (Lipinski definition) is 1. The van der Waals surface area contributed by atoms with Crippen molar-refractivity contribution in [2.45, 2.75) is 32.5 Å². The molecule has 1 unspecified atom stereocenters. The topological polar surface area (TPSA) is 60.9 Å². The summed E-state index contributed by atoms with van der Waals surface area (Å²) in [5.74, 6) is -0.0970. The number of fused-ring (bicyclic) bond motifs is 2. The second kappa shape index (κ2) is 6.57. The summed E-state index contributed by atoms with van der Waals surface area (Å²) in [6.07, 6.45) is 0.732. The quantitative estimate of drug-likeness (QED) is 0.924. The molecule has 0 saturated carbocycles. The van der Waals surface area contributed by atoms with Crippen molar-refractivity contribution in [2.75, 3.05) is 13.1 Å². The minimum atomic E-state index is -0.0680. The van der Waals surface area contributed by atoms with Gasteiger partial charge in [0.05, 0.1) is 12.6 Å².